The lowest BCUT2D eigenvalue weighted by Gasteiger charge is -2.41. The van der Waals surface area contributed by atoms with Crippen molar-refractivity contribution in [3.8, 4) is 5.75 Å². The van der Waals surface area contributed by atoms with Crippen molar-refractivity contribution >= 4 is 0 Å². The van der Waals surface area contributed by atoms with Crippen molar-refractivity contribution in [1.82, 2.24) is 0 Å². The van der Waals surface area contributed by atoms with E-state index in [1.165, 1.54) is 0 Å². The summed E-state index contributed by atoms with van der Waals surface area (Å²) in [6, 6.07) is 7.31. The molecule has 98 valence electrons. The van der Waals surface area contributed by atoms with Crippen LogP contribution in [0.1, 0.15) is 31.9 Å². The van der Waals surface area contributed by atoms with Crippen molar-refractivity contribution in [2.45, 2.75) is 32.2 Å². The van der Waals surface area contributed by atoms with Crippen LogP contribution in [0.25, 0.3) is 0 Å². The standard InChI is InChI=1S/C15H20O3/c1-4-7-11-10-17-15(2,3)18-14(11)12-8-5-6-9-13(12)16/h4-6,8-9,11,14,16H,1,7,10H2,2-3H3. The quantitative estimate of drug-likeness (QED) is 0.833. The molecule has 0 amide bonds. The van der Waals surface area contributed by atoms with Crippen molar-refractivity contribution in [1.29, 1.82) is 0 Å². The average Bonchev–Trinajstić information content (AvgIpc) is 2.32. The third-order valence-corrected chi connectivity index (χ3v) is 3.20. The molecule has 0 saturated carbocycles. The summed E-state index contributed by atoms with van der Waals surface area (Å²) >= 11 is 0. The zero-order valence-electron chi connectivity index (χ0n) is 10.9. The van der Waals surface area contributed by atoms with E-state index in [0.717, 1.165) is 12.0 Å². The summed E-state index contributed by atoms with van der Waals surface area (Å²) in [5.74, 6) is -0.164. The molecule has 1 saturated heterocycles. The molecule has 0 spiro atoms. The zero-order chi connectivity index (χ0) is 13.2. The number of phenolic OH excluding ortho intramolecular Hbond substituents is 1. The van der Waals surface area contributed by atoms with Gasteiger partial charge in [0.2, 0.25) is 0 Å². The average molecular weight is 248 g/mol. The predicted octanol–water partition coefficient (Wildman–Crippen LogP) is 3.41. The zero-order valence-corrected chi connectivity index (χ0v) is 10.9. The molecule has 0 bridgehead atoms. The number of rotatable bonds is 3. The van der Waals surface area contributed by atoms with Crippen molar-refractivity contribution < 1.29 is 14.6 Å². The maximum Gasteiger partial charge on any atom is 0.163 e. The van der Waals surface area contributed by atoms with Crippen molar-refractivity contribution in [3.05, 3.63) is 42.5 Å². The highest BCUT2D eigenvalue weighted by molar-refractivity contribution is 5.34. The third kappa shape index (κ3) is 2.74. The van der Waals surface area contributed by atoms with E-state index in [4.69, 9.17) is 9.47 Å². The fourth-order valence-electron chi connectivity index (χ4n) is 2.28. The molecule has 3 heteroatoms. The van der Waals surface area contributed by atoms with Crippen LogP contribution in [0.4, 0.5) is 0 Å². The number of benzene rings is 1. The van der Waals surface area contributed by atoms with Gasteiger partial charge in [-0.25, -0.2) is 0 Å². The maximum absolute atomic E-state index is 9.97. The van der Waals surface area contributed by atoms with Gasteiger partial charge < -0.3 is 14.6 Å². The molecule has 1 N–H and O–H groups in total. The second-order valence-corrected chi connectivity index (χ2v) is 5.09. The van der Waals surface area contributed by atoms with Gasteiger partial charge in [-0.15, -0.1) is 6.58 Å². The lowest BCUT2D eigenvalue weighted by Crippen LogP contribution is -2.41. The molecule has 1 fully saturated rings. The molecule has 2 rings (SSSR count). The van der Waals surface area contributed by atoms with Crippen LogP contribution in [0, 0.1) is 5.92 Å². The first kappa shape index (κ1) is 13.1. The SMILES string of the molecule is C=CCC1COC(C)(C)OC1c1ccccc1O. The minimum atomic E-state index is -0.620. The normalized spacial score (nSPS) is 26.8. The van der Waals surface area contributed by atoms with Crippen LogP contribution in [-0.2, 0) is 9.47 Å². The minimum Gasteiger partial charge on any atom is -0.508 e. The van der Waals surface area contributed by atoms with E-state index in [0.29, 0.717) is 6.61 Å². The molecule has 1 heterocycles. The topological polar surface area (TPSA) is 38.7 Å². The Labute approximate surface area is 108 Å². The van der Waals surface area contributed by atoms with Crippen LogP contribution in [-0.4, -0.2) is 17.5 Å². The van der Waals surface area contributed by atoms with E-state index >= 15 is 0 Å². The van der Waals surface area contributed by atoms with Crippen LogP contribution in [0.5, 0.6) is 5.75 Å². The van der Waals surface area contributed by atoms with Gasteiger partial charge in [0.1, 0.15) is 5.75 Å². The van der Waals surface area contributed by atoms with Gasteiger partial charge in [-0.1, -0.05) is 24.3 Å². The van der Waals surface area contributed by atoms with Gasteiger partial charge in [-0.05, 0) is 26.3 Å². The molecule has 3 nitrogen and oxygen atoms in total. The van der Waals surface area contributed by atoms with Gasteiger partial charge in [0.15, 0.2) is 5.79 Å². The first-order valence-corrected chi connectivity index (χ1v) is 6.24. The molecule has 2 atom stereocenters. The van der Waals surface area contributed by atoms with E-state index in [9.17, 15) is 5.11 Å². The first-order valence-electron chi connectivity index (χ1n) is 6.24. The summed E-state index contributed by atoms with van der Waals surface area (Å²) in [5.41, 5.74) is 0.820. The van der Waals surface area contributed by atoms with Crippen molar-refractivity contribution in [2.24, 2.45) is 5.92 Å². The fraction of sp³-hybridized carbons (Fsp3) is 0.467. The minimum absolute atomic E-state index is 0.159. The number of ether oxygens (including phenoxy) is 2. The molecule has 2 unspecified atom stereocenters. The molecule has 1 aromatic rings. The van der Waals surface area contributed by atoms with Gasteiger partial charge in [0.05, 0.1) is 12.7 Å². The van der Waals surface area contributed by atoms with Crippen LogP contribution in [0.15, 0.2) is 36.9 Å². The highest BCUT2D eigenvalue weighted by Crippen LogP contribution is 2.41. The number of hydrogen-bond acceptors (Lipinski definition) is 3. The maximum atomic E-state index is 9.97. The van der Waals surface area contributed by atoms with Crippen LogP contribution < -0.4 is 0 Å². The van der Waals surface area contributed by atoms with Gasteiger partial charge >= 0.3 is 0 Å². The summed E-state index contributed by atoms with van der Waals surface area (Å²) in [4.78, 5) is 0. The Hall–Kier alpha value is -1.32. The number of hydrogen-bond donors (Lipinski definition) is 1. The summed E-state index contributed by atoms with van der Waals surface area (Å²) in [5, 5.41) is 9.97. The molecular formula is C15H20O3. The van der Waals surface area contributed by atoms with E-state index < -0.39 is 5.79 Å². The molecule has 18 heavy (non-hydrogen) atoms. The lowest BCUT2D eigenvalue weighted by atomic mass is 9.91. The fourth-order valence-corrected chi connectivity index (χ4v) is 2.28. The predicted molar refractivity (Wildman–Crippen MR) is 70.3 cm³/mol. The first-order chi connectivity index (χ1) is 8.53. The number of para-hydroxylation sites is 1. The molecule has 1 aromatic carbocycles. The summed E-state index contributed by atoms with van der Waals surface area (Å²) in [6.07, 6.45) is 2.51. The van der Waals surface area contributed by atoms with E-state index in [1.54, 1.807) is 6.07 Å². The van der Waals surface area contributed by atoms with Crippen molar-refractivity contribution in [2.75, 3.05) is 6.61 Å². The smallest absolute Gasteiger partial charge is 0.163 e. The Kier molecular flexibility index (Phi) is 3.73. The van der Waals surface area contributed by atoms with Gasteiger partial charge in [0, 0.05) is 11.5 Å². The number of allylic oxidation sites excluding steroid dienone is 1. The Morgan fingerprint density at radius 3 is 2.83 bits per heavy atom. The van der Waals surface area contributed by atoms with Gasteiger partial charge in [-0.3, -0.25) is 0 Å². The van der Waals surface area contributed by atoms with E-state index in [-0.39, 0.29) is 17.8 Å². The lowest BCUT2D eigenvalue weighted by molar-refractivity contribution is -0.295. The van der Waals surface area contributed by atoms with Crippen LogP contribution in [0.2, 0.25) is 0 Å². The largest absolute Gasteiger partial charge is 0.508 e. The summed E-state index contributed by atoms with van der Waals surface area (Å²) in [7, 11) is 0. The number of aromatic hydroxyl groups is 1. The second kappa shape index (κ2) is 5.12. The molecule has 0 radical (unpaired) electrons. The monoisotopic (exact) mass is 248 g/mol. The van der Waals surface area contributed by atoms with Gasteiger partial charge in [0.25, 0.3) is 0 Å². The summed E-state index contributed by atoms with van der Waals surface area (Å²) in [6.45, 7) is 8.16. The highest BCUT2D eigenvalue weighted by atomic mass is 16.7. The van der Waals surface area contributed by atoms with E-state index in [1.807, 2.05) is 38.1 Å². The molecule has 1 aliphatic heterocycles. The highest BCUT2D eigenvalue weighted by Gasteiger charge is 2.37. The third-order valence-electron chi connectivity index (χ3n) is 3.20. The molecule has 0 aromatic heterocycles. The van der Waals surface area contributed by atoms with Crippen molar-refractivity contribution in [3.63, 3.8) is 0 Å². The molecule has 1 aliphatic rings. The molecular weight excluding hydrogens is 228 g/mol. The molecule has 0 aliphatic carbocycles. The summed E-state index contributed by atoms with van der Waals surface area (Å²) < 4.78 is 11.6. The van der Waals surface area contributed by atoms with Crippen LogP contribution in [0.3, 0.4) is 0 Å². The van der Waals surface area contributed by atoms with E-state index in [2.05, 4.69) is 6.58 Å². The Morgan fingerprint density at radius 2 is 2.17 bits per heavy atom. The second-order valence-electron chi connectivity index (χ2n) is 5.09. The van der Waals surface area contributed by atoms with Gasteiger partial charge in [-0.2, -0.15) is 0 Å². The van der Waals surface area contributed by atoms with Crippen LogP contribution >= 0.6 is 0 Å². The Balaban J connectivity index is 2.30. The Morgan fingerprint density at radius 1 is 1.44 bits per heavy atom. The number of phenols is 1. The Bertz CT molecular complexity index is 426.